The molecule has 0 aliphatic heterocycles. The van der Waals surface area contributed by atoms with Crippen LogP contribution in [0.2, 0.25) is 0 Å². The molecule has 0 atom stereocenters. The van der Waals surface area contributed by atoms with Crippen LogP contribution in [-0.4, -0.2) is 13.2 Å². The van der Waals surface area contributed by atoms with Gasteiger partial charge in [-0.2, -0.15) is 0 Å². The lowest BCUT2D eigenvalue weighted by Crippen LogP contribution is -1.99. The third-order valence-electron chi connectivity index (χ3n) is 2.01. The van der Waals surface area contributed by atoms with Crippen molar-refractivity contribution in [3.63, 3.8) is 0 Å². The Labute approximate surface area is 108 Å². The number of hydrogen-bond donors (Lipinski definition) is 1. The molecule has 0 heterocycles. The summed E-state index contributed by atoms with van der Waals surface area (Å²) in [6.45, 7) is 4.36. The van der Waals surface area contributed by atoms with Crippen molar-refractivity contribution in [2.45, 2.75) is 20.0 Å². The van der Waals surface area contributed by atoms with E-state index in [2.05, 4.69) is 0 Å². The summed E-state index contributed by atoms with van der Waals surface area (Å²) in [5.74, 6) is 0. The molecule has 0 aromatic heterocycles. The van der Waals surface area contributed by atoms with Gasteiger partial charge in [0.15, 0.2) is 0 Å². The quantitative estimate of drug-likeness (QED) is 0.640. The summed E-state index contributed by atoms with van der Waals surface area (Å²) in [7, 11) is -3.00. The number of halogens is 1. The second kappa shape index (κ2) is 7.72. The monoisotopic (exact) mass is 279 g/mol. The zero-order chi connectivity index (χ0) is 12.0. The van der Waals surface area contributed by atoms with E-state index in [1.165, 1.54) is 0 Å². The van der Waals surface area contributed by atoms with E-state index in [-0.39, 0.29) is 18.6 Å². The Bertz CT molecular complexity index is 359. The highest BCUT2D eigenvalue weighted by Gasteiger charge is 2.23. The first-order valence-electron chi connectivity index (χ1n) is 5.32. The van der Waals surface area contributed by atoms with Crippen molar-refractivity contribution in [1.29, 1.82) is 0 Å². The van der Waals surface area contributed by atoms with Crippen LogP contribution >= 0.6 is 20.0 Å². The molecule has 0 radical (unpaired) electrons. The molecular weight excluding hydrogens is 261 g/mol. The summed E-state index contributed by atoms with van der Waals surface area (Å²) in [6, 6.07) is 7.22. The van der Waals surface area contributed by atoms with Gasteiger partial charge in [0, 0.05) is 5.69 Å². The molecular formula is C11H19ClNO3P. The summed E-state index contributed by atoms with van der Waals surface area (Å²) >= 11 is 0. The average Bonchev–Trinajstić information content (AvgIpc) is 2.22. The van der Waals surface area contributed by atoms with Crippen LogP contribution < -0.4 is 5.73 Å². The van der Waals surface area contributed by atoms with Crippen LogP contribution in [0.3, 0.4) is 0 Å². The summed E-state index contributed by atoms with van der Waals surface area (Å²) in [5, 5.41) is 0. The van der Waals surface area contributed by atoms with Crippen LogP contribution in [0.5, 0.6) is 0 Å². The highest BCUT2D eigenvalue weighted by atomic mass is 35.5. The van der Waals surface area contributed by atoms with Crippen LogP contribution in [0.1, 0.15) is 19.4 Å². The molecule has 98 valence electrons. The normalized spacial score (nSPS) is 10.9. The van der Waals surface area contributed by atoms with E-state index in [0.29, 0.717) is 18.9 Å². The Hall–Kier alpha value is -0.540. The maximum atomic E-state index is 12.2. The van der Waals surface area contributed by atoms with Crippen LogP contribution in [0.15, 0.2) is 24.3 Å². The number of nitrogens with two attached hydrogens (primary N) is 1. The van der Waals surface area contributed by atoms with Gasteiger partial charge in [0.05, 0.1) is 19.4 Å². The molecule has 0 amide bonds. The number of hydrogen-bond acceptors (Lipinski definition) is 4. The zero-order valence-corrected chi connectivity index (χ0v) is 11.8. The lowest BCUT2D eigenvalue weighted by molar-refractivity contribution is 0.219. The molecule has 0 fully saturated rings. The molecule has 1 aromatic rings. The largest absolute Gasteiger partial charge is 0.399 e. The van der Waals surface area contributed by atoms with Gasteiger partial charge in [0.1, 0.15) is 0 Å². The van der Waals surface area contributed by atoms with Gasteiger partial charge >= 0.3 is 7.60 Å². The summed E-state index contributed by atoms with van der Waals surface area (Å²) < 4.78 is 22.6. The Morgan fingerprint density at radius 3 is 2.00 bits per heavy atom. The first-order valence-corrected chi connectivity index (χ1v) is 7.05. The summed E-state index contributed by atoms with van der Waals surface area (Å²) in [5.41, 5.74) is 7.16. The molecule has 4 nitrogen and oxygen atoms in total. The molecule has 17 heavy (non-hydrogen) atoms. The van der Waals surface area contributed by atoms with Gasteiger partial charge in [0.25, 0.3) is 0 Å². The third kappa shape index (κ3) is 5.55. The number of nitrogen functional groups attached to an aromatic ring is 1. The number of rotatable bonds is 6. The first kappa shape index (κ1) is 16.5. The molecule has 0 aliphatic rings. The Morgan fingerprint density at radius 2 is 1.59 bits per heavy atom. The standard InChI is InChI=1S/C11H18NO3P.ClH/c1-3-14-16(13,15-4-2)9-10-5-7-11(12)8-6-10;/h5-8H,3-4,9,12H2,1-2H3;1H. The lowest BCUT2D eigenvalue weighted by atomic mass is 10.2. The number of anilines is 1. The SMILES string of the molecule is CCOP(=O)(Cc1ccc(N)cc1)OCC.Cl. The predicted octanol–water partition coefficient (Wildman–Crippen LogP) is 3.46. The molecule has 0 saturated carbocycles. The van der Waals surface area contributed by atoms with Crippen LogP contribution in [0.4, 0.5) is 5.69 Å². The topological polar surface area (TPSA) is 61.5 Å². The number of benzene rings is 1. The maximum Gasteiger partial charge on any atom is 0.335 e. The summed E-state index contributed by atoms with van der Waals surface area (Å²) in [6.07, 6.45) is 0.287. The van der Waals surface area contributed by atoms with E-state index >= 15 is 0 Å². The minimum Gasteiger partial charge on any atom is -0.399 e. The molecule has 6 heteroatoms. The van der Waals surface area contributed by atoms with Gasteiger partial charge in [-0.05, 0) is 31.5 Å². The van der Waals surface area contributed by atoms with Crippen molar-refractivity contribution >= 4 is 25.7 Å². The molecule has 0 spiro atoms. The van der Waals surface area contributed by atoms with Gasteiger partial charge in [-0.25, -0.2) is 0 Å². The van der Waals surface area contributed by atoms with E-state index in [9.17, 15) is 4.57 Å². The Morgan fingerprint density at radius 1 is 1.12 bits per heavy atom. The van der Waals surface area contributed by atoms with Crippen molar-refractivity contribution in [3.05, 3.63) is 29.8 Å². The fourth-order valence-electron chi connectivity index (χ4n) is 1.37. The van der Waals surface area contributed by atoms with Gasteiger partial charge < -0.3 is 14.8 Å². The molecule has 0 saturated heterocycles. The second-order valence-corrected chi connectivity index (χ2v) is 5.40. The van der Waals surface area contributed by atoms with Gasteiger partial charge in [0.2, 0.25) is 0 Å². The molecule has 1 rings (SSSR count). The zero-order valence-electron chi connectivity index (χ0n) is 10.1. The highest BCUT2D eigenvalue weighted by Crippen LogP contribution is 2.51. The minimum atomic E-state index is -3.00. The van der Waals surface area contributed by atoms with E-state index < -0.39 is 7.60 Å². The second-order valence-electron chi connectivity index (χ2n) is 3.35. The fourth-order valence-corrected chi connectivity index (χ4v) is 3.07. The van der Waals surface area contributed by atoms with E-state index in [0.717, 1.165) is 5.56 Å². The van der Waals surface area contributed by atoms with Crippen molar-refractivity contribution in [2.75, 3.05) is 18.9 Å². The molecule has 0 bridgehead atoms. The Balaban J connectivity index is 0.00000256. The van der Waals surface area contributed by atoms with Gasteiger partial charge in [-0.15, -0.1) is 12.4 Å². The van der Waals surface area contributed by atoms with Crippen molar-refractivity contribution < 1.29 is 13.6 Å². The summed E-state index contributed by atoms with van der Waals surface area (Å²) in [4.78, 5) is 0. The predicted molar refractivity (Wildman–Crippen MR) is 72.7 cm³/mol. The fraction of sp³-hybridized carbons (Fsp3) is 0.455. The molecule has 0 aliphatic carbocycles. The highest BCUT2D eigenvalue weighted by molar-refractivity contribution is 7.53. The van der Waals surface area contributed by atoms with Crippen molar-refractivity contribution in [3.8, 4) is 0 Å². The molecule has 0 unspecified atom stereocenters. The smallest absolute Gasteiger partial charge is 0.335 e. The molecule has 2 N–H and O–H groups in total. The van der Waals surface area contributed by atoms with Crippen molar-refractivity contribution in [2.24, 2.45) is 0 Å². The minimum absolute atomic E-state index is 0. The van der Waals surface area contributed by atoms with E-state index in [1.807, 2.05) is 12.1 Å². The maximum absolute atomic E-state index is 12.2. The van der Waals surface area contributed by atoms with Gasteiger partial charge in [-0.3, -0.25) is 4.57 Å². The van der Waals surface area contributed by atoms with Crippen LogP contribution in [-0.2, 0) is 19.8 Å². The molecule has 1 aromatic carbocycles. The van der Waals surface area contributed by atoms with Gasteiger partial charge in [-0.1, -0.05) is 12.1 Å². The first-order chi connectivity index (χ1) is 7.59. The van der Waals surface area contributed by atoms with Crippen LogP contribution in [0.25, 0.3) is 0 Å². The average molecular weight is 280 g/mol. The van der Waals surface area contributed by atoms with E-state index in [4.69, 9.17) is 14.8 Å². The Kier molecular flexibility index (Phi) is 7.48. The van der Waals surface area contributed by atoms with Crippen LogP contribution in [0, 0.1) is 0 Å². The third-order valence-corrected chi connectivity index (χ3v) is 4.06. The van der Waals surface area contributed by atoms with E-state index in [1.54, 1.807) is 26.0 Å². The van der Waals surface area contributed by atoms with Crippen molar-refractivity contribution in [1.82, 2.24) is 0 Å². The lowest BCUT2D eigenvalue weighted by Gasteiger charge is -2.16.